The summed E-state index contributed by atoms with van der Waals surface area (Å²) in [5, 5.41) is 0. The van der Waals surface area contributed by atoms with E-state index in [1.807, 2.05) is 18.9 Å². The summed E-state index contributed by atoms with van der Waals surface area (Å²) in [6.45, 7) is 3.88. The Kier molecular flexibility index (Phi) is 3.64. The number of hydrogen-bond acceptors (Lipinski definition) is 4. The zero-order chi connectivity index (χ0) is 14.4. The second kappa shape index (κ2) is 5.49. The summed E-state index contributed by atoms with van der Waals surface area (Å²) >= 11 is 1.95. The quantitative estimate of drug-likeness (QED) is 0.793. The van der Waals surface area contributed by atoms with Gasteiger partial charge in [-0.1, -0.05) is 6.07 Å². The van der Waals surface area contributed by atoms with Gasteiger partial charge in [0.25, 0.3) is 0 Å². The molecule has 1 aromatic carbocycles. The number of piperidine rings is 1. The van der Waals surface area contributed by atoms with Crippen LogP contribution in [0.3, 0.4) is 0 Å². The molecule has 2 atom stereocenters. The molecule has 21 heavy (non-hydrogen) atoms. The predicted octanol–water partition coefficient (Wildman–Crippen LogP) is 3.53. The van der Waals surface area contributed by atoms with Crippen LogP contribution in [-0.2, 0) is 6.54 Å². The first-order chi connectivity index (χ1) is 10.2. The van der Waals surface area contributed by atoms with Crippen molar-refractivity contribution >= 4 is 11.9 Å². The monoisotopic (exact) mass is 304 g/mol. The lowest BCUT2D eigenvalue weighted by atomic mass is 9.98. The van der Waals surface area contributed by atoms with Crippen molar-refractivity contribution in [2.24, 2.45) is 0 Å². The number of rotatable bonds is 3. The predicted molar refractivity (Wildman–Crippen MR) is 86.6 cm³/mol. The van der Waals surface area contributed by atoms with E-state index in [9.17, 15) is 0 Å². The van der Waals surface area contributed by atoms with Gasteiger partial charge in [-0.15, -0.1) is 0 Å². The molecule has 0 N–H and O–H groups in total. The molecule has 3 nitrogen and oxygen atoms in total. The van der Waals surface area contributed by atoms with Crippen LogP contribution >= 0.6 is 11.9 Å². The van der Waals surface area contributed by atoms with Crippen LogP contribution in [0.4, 0.5) is 0 Å². The van der Waals surface area contributed by atoms with E-state index >= 15 is 0 Å². The highest BCUT2D eigenvalue weighted by molar-refractivity contribution is 7.97. The Bertz CT molecular complexity index is 522. The molecule has 3 aliphatic rings. The van der Waals surface area contributed by atoms with E-state index in [0.717, 1.165) is 37.0 Å². The molecule has 0 saturated carbocycles. The smallest absolute Gasteiger partial charge is 0.120 e. The fourth-order valence-electron chi connectivity index (χ4n) is 4.15. The minimum Gasteiger partial charge on any atom is -0.494 e. The first kappa shape index (κ1) is 13.9. The van der Waals surface area contributed by atoms with Crippen molar-refractivity contribution in [2.75, 3.05) is 13.7 Å². The van der Waals surface area contributed by atoms with Gasteiger partial charge in [0.1, 0.15) is 5.75 Å². The van der Waals surface area contributed by atoms with Gasteiger partial charge in [0.2, 0.25) is 0 Å². The largest absolute Gasteiger partial charge is 0.494 e. The van der Waals surface area contributed by atoms with Crippen LogP contribution in [-0.4, -0.2) is 41.0 Å². The van der Waals surface area contributed by atoms with E-state index in [2.05, 4.69) is 34.5 Å². The van der Waals surface area contributed by atoms with Crippen molar-refractivity contribution in [3.63, 3.8) is 0 Å². The summed E-state index contributed by atoms with van der Waals surface area (Å²) in [4.78, 5) is 4.02. The molecule has 114 valence electrons. The average molecular weight is 304 g/mol. The highest BCUT2D eigenvalue weighted by Gasteiger charge is 2.41. The topological polar surface area (TPSA) is 15.7 Å². The second-order valence-electron chi connectivity index (χ2n) is 6.54. The Labute approximate surface area is 131 Å². The number of fused-ring (bicyclic) bond motifs is 3. The second-order valence-corrected chi connectivity index (χ2v) is 7.64. The van der Waals surface area contributed by atoms with E-state index < -0.39 is 0 Å². The molecular formula is C17H24N2OS. The summed E-state index contributed by atoms with van der Waals surface area (Å²) in [5.74, 6) is 1.01. The highest BCUT2D eigenvalue weighted by atomic mass is 32.2. The highest BCUT2D eigenvalue weighted by Crippen LogP contribution is 2.44. The van der Waals surface area contributed by atoms with Gasteiger partial charge in [-0.2, -0.15) is 0 Å². The van der Waals surface area contributed by atoms with Crippen molar-refractivity contribution in [2.45, 2.75) is 62.2 Å². The maximum Gasteiger partial charge on any atom is 0.120 e. The van der Waals surface area contributed by atoms with Crippen LogP contribution < -0.4 is 4.74 Å². The lowest BCUT2D eigenvalue weighted by Gasteiger charge is -2.39. The van der Waals surface area contributed by atoms with E-state index in [0.29, 0.717) is 0 Å². The van der Waals surface area contributed by atoms with Crippen LogP contribution in [0.5, 0.6) is 5.75 Å². The van der Waals surface area contributed by atoms with Crippen LogP contribution in [0.15, 0.2) is 23.1 Å². The number of hydrogen-bond donors (Lipinski definition) is 0. The zero-order valence-electron chi connectivity index (χ0n) is 12.9. The van der Waals surface area contributed by atoms with Crippen LogP contribution in [0.25, 0.3) is 0 Å². The van der Waals surface area contributed by atoms with Crippen LogP contribution in [0.2, 0.25) is 0 Å². The maximum atomic E-state index is 5.63. The zero-order valence-corrected chi connectivity index (χ0v) is 13.7. The lowest BCUT2D eigenvalue weighted by Crippen LogP contribution is -2.46. The molecule has 3 heterocycles. The van der Waals surface area contributed by atoms with E-state index in [1.54, 1.807) is 0 Å². The fraction of sp³-hybridized carbons (Fsp3) is 0.647. The van der Waals surface area contributed by atoms with Gasteiger partial charge in [0.15, 0.2) is 0 Å². The molecule has 2 unspecified atom stereocenters. The summed E-state index contributed by atoms with van der Waals surface area (Å²) in [6.07, 6.45) is 5.48. The third kappa shape index (κ3) is 2.47. The SMILES string of the molecule is CCOc1ccc2c(c1)SN(C1CC3CCC(C1)N3C)C2. The average Bonchev–Trinajstić information content (AvgIpc) is 2.96. The van der Waals surface area contributed by atoms with Gasteiger partial charge in [0, 0.05) is 29.6 Å². The lowest BCUT2D eigenvalue weighted by molar-refractivity contribution is 0.120. The van der Waals surface area contributed by atoms with Crippen molar-refractivity contribution < 1.29 is 4.74 Å². The normalized spacial score (nSPS) is 32.4. The standard InChI is InChI=1S/C17H24N2OS/c1-3-20-16-7-4-12-11-19(21-17(12)10-16)15-8-13-5-6-14(9-15)18(13)2/h4,7,10,13-15H,3,5-6,8-9,11H2,1-2H3. The van der Waals surface area contributed by atoms with E-state index in [-0.39, 0.29) is 0 Å². The Balaban J connectivity index is 1.47. The molecule has 2 fully saturated rings. The van der Waals surface area contributed by atoms with Crippen molar-refractivity contribution in [1.82, 2.24) is 9.21 Å². The Hall–Kier alpha value is -0.710. The molecular weight excluding hydrogens is 280 g/mol. The Morgan fingerprint density at radius 2 is 1.95 bits per heavy atom. The molecule has 2 saturated heterocycles. The molecule has 2 bridgehead atoms. The molecule has 1 aromatic rings. The first-order valence-electron chi connectivity index (χ1n) is 8.17. The molecule has 0 aliphatic carbocycles. The van der Waals surface area contributed by atoms with Crippen LogP contribution in [0, 0.1) is 0 Å². The molecule has 0 amide bonds. The molecule has 0 aromatic heterocycles. The van der Waals surface area contributed by atoms with Crippen molar-refractivity contribution in [3.8, 4) is 5.75 Å². The van der Waals surface area contributed by atoms with Crippen molar-refractivity contribution in [3.05, 3.63) is 23.8 Å². The molecule has 3 aliphatic heterocycles. The summed E-state index contributed by atoms with van der Waals surface area (Å²) in [6, 6.07) is 8.95. The third-order valence-electron chi connectivity index (χ3n) is 5.37. The molecule has 0 spiro atoms. The van der Waals surface area contributed by atoms with Gasteiger partial charge in [0.05, 0.1) is 6.61 Å². The van der Waals surface area contributed by atoms with Crippen molar-refractivity contribution in [1.29, 1.82) is 0 Å². The van der Waals surface area contributed by atoms with Gasteiger partial charge in [-0.3, -0.25) is 0 Å². The minimum absolute atomic E-state index is 0.742. The summed E-state index contributed by atoms with van der Waals surface area (Å²) in [7, 11) is 2.32. The van der Waals surface area contributed by atoms with E-state index in [1.165, 1.54) is 36.1 Å². The van der Waals surface area contributed by atoms with Gasteiger partial charge >= 0.3 is 0 Å². The third-order valence-corrected chi connectivity index (χ3v) is 6.61. The molecule has 4 rings (SSSR count). The maximum absolute atomic E-state index is 5.63. The number of ether oxygens (including phenoxy) is 1. The summed E-state index contributed by atoms with van der Waals surface area (Å²) in [5.41, 5.74) is 1.47. The number of nitrogens with zero attached hydrogens (tertiary/aromatic N) is 2. The molecule has 0 radical (unpaired) electrons. The van der Waals surface area contributed by atoms with Gasteiger partial charge < -0.3 is 9.64 Å². The summed E-state index contributed by atoms with van der Waals surface area (Å²) < 4.78 is 8.26. The number of benzene rings is 1. The first-order valence-corrected chi connectivity index (χ1v) is 8.94. The fourth-order valence-corrected chi connectivity index (χ4v) is 5.35. The van der Waals surface area contributed by atoms with Gasteiger partial charge in [-0.05, 0) is 69.3 Å². The Morgan fingerprint density at radius 1 is 1.19 bits per heavy atom. The van der Waals surface area contributed by atoms with Crippen LogP contribution in [0.1, 0.15) is 38.2 Å². The van der Waals surface area contributed by atoms with E-state index in [4.69, 9.17) is 4.74 Å². The van der Waals surface area contributed by atoms with Gasteiger partial charge in [-0.25, -0.2) is 4.31 Å². The minimum atomic E-state index is 0.742. The Morgan fingerprint density at radius 3 is 2.67 bits per heavy atom. The molecule has 4 heteroatoms.